The zero-order valence-corrected chi connectivity index (χ0v) is 24.3. The molecule has 10 heteroatoms. The number of benzene rings is 2. The molecule has 0 radical (unpaired) electrons. The highest BCUT2D eigenvalue weighted by molar-refractivity contribution is 5.96. The Morgan fingerprint density at radius 3 is 2.33 bits per heavy atom. The summed E-state index contributed by atoms with van der Waals surface area (Å²) < 4.78 is 21.9. The lowest BCUT2D eigenvalue weighted by Crippen LogP contribution is -2.44. The van der Waals surface area contributed by atoms with Crippen LogP contribution in [0, 0.1) is 12.7 Å². The third kappa shape index (κ3) is 7.64. The zero-order chi connectivity index (χ0) is 30.3. The number of hydrogen-bond acceptors (Lipinski definition) is 6. The van der Waals surface area contributed by atoms with E-state index in [0.717, 1.165) is 41.1 Å². The van der Waals surface area contributed by atoms with E-state index in [1.165, 1.54) is 0 Å². The zero-order valence-electron chi connectivity index (χ0n) is 24.3. The van der Waals surface area contributed by atoms with Crippen molar-refractivity contribution in [2.45, 2.75) is 57.5 Å². The third-order valence-electron chi connectivity index (χ3n) is 7.74. The minimum absolute atomic E-state index is 0.0114. The maximum absolute atomic E-state index is 14.2. The van der Waals surface area contributed by atoms with Gasteiger partial charge in [-0.2, -0.15) is 5.10 Å². The normalized spacial score (nSPS) is 16.5. The molecule has 1 aliphatic rings. The summed E-state index contributed by atoms with van der Waals surface area (Å²) in [6.07, 6.45) is 5.21. The van der Waals surface area contributed by atoms with Crippen molar-refractivity contribution in [3.8, 4) is 22.8 Å². The van der Waals surface area contributed by atoms with Crippen molar-refractivity contribution in [1.82, 2.24) is 25.4 Å². The number of aliphatic hydroxyl groups excluding tert-OH is 1. The first kappa shape index (κ1) is 29.9. The van der Waals surface area contributed by atoms with Gasteiger partial charge in [-0.1, -0.05) is 36.4 Å². The van der Waals surface area contributed by atoms with E-state index in [4.69, 9.17) is 9.84 Å². The third-order valence-corrected chi connectivity index (χ3v) is 7.74. The van der Waals surface area contributed by atoms with Crippen LogP contribution in [0.2, 0.25) is 0 Å². The van der Waals surface area contributed by atoms with Crippen molar-refractivity contribution in [2.24, 2.45) is 7.05 Å². The van der Waals surface area contributed by atoms with Gasteiger partial charge in [-0.25, -0.2) is 9.37 Å². The molecular weight excluding hydrogens is 549 g/mol. The Morgan fingerprint density at radius 2 is 1.65 bits per heavy atom. The van der Waals surface area contributed by atoms with Crippen LogP contribution < -0.4 is 15.4 Å². The largest absolute Gasteiger partial charge is 0.438 e. The van der Waals surface area contributed by atoms with Crippen LogP contribution in [0.25, 0.3) is 11.1 Å². The number of ether oxygens (including phenoxy) is 1. The molecule has 5 rings (SSSR count). The van der Waals surface area contributed by atoms with E-state index in [2.05, 4.69) is 26.8 Å². The van der Waals surface area contributed by atoms with E-state index in [0.29, 0.717) is 43.5 Å². The van der Waals surface area contributed by atoms with E-state index >= 15 is 0 Å². The van der Waals surface area contributed by atoms with Crippen molar-refractivity contribution in [2.75, 3.05) is 6.61 Å². The van der Waals surface area contributed by atoms with Gasteiger partial charge in [0.1, 0.15) is 22.8 Å². The van der Waals surface area contributed by atoms with Crippen LogP contribution in [-0.4, -0.2) is 50.4 Å². The highest BCUT2D eigenvalue weighted by atomic mass is 19.1. The van der Waals surface area contributed by atoms with Gasteiger partial charge in [0.2, 0.25) is 5.88 Å². The van der Waals surface area contributed by atoms with Crippen LogP contribution in [0.15, 0.2) is 66.9 Å². The second kappa shape index (κ2) is 13.6. The van der Waals surface area contributed by atoms with Crippen molar-refractivity contribution in [3.05, 3.63) is 95.2 Å². The molecular formula is C33H36FN5O4. The highest BCUT2D eigenvalue weighted by Gasteiger charge is 2.26. The van der Waals surface area contributed by atoms with Gasteiger partial charge in [-0.05, 0) is 86.4 Å². The SMILES string of the molecule is Cc1cc(C(=O)NC2CCC(NC(=O)c3cc(F)cnc3Oc3cccc(-c4cccc(CCCO)c4)c3)CC2)nn1C. The van der Waals surface area contributed by atoms with E-state index < -0.39 is 11.7 Å². The average molecular weight is 586 g/mol. The minimum Gasteiger partial charge on any atom is -0.438 e. The lowest BCUT2D eigenvalue weighted by molar-refractivity contribution is 0.0887. The first-order chi connectivity index (χ1) is 20.8. The first-order valence-corrected chi connectivity index (χ1v) is 14.5. The molecule has 1 saturated carbocycles. The molecule has 2 aromatic heterocycles. The number of carbonyl (C=O) groups excluding carboxylic acids is 2. The molecule has 3 N–H and O–H groups in total. The highest BCUT2D eigenvalue weighted by Crippen LogP contribution is 2.29. The molecule has 0 bridgehead atoms. The fourth-order valence-electron chi connectivity index (χ4n) is 5.29. The number of amides is 2. The summed E-state index contributed by atoms with van der Waals surface area (Å²) in [6, 6.07) is 18.2. The van der Waals surface area contributed by atoms with Crippen LogP contribution in [0.3, 0.4) is 0 Å². The number of halogens is 1. The molecule has 4 aromatic rings. The van der Waals surface area contributed by atoms with Gasteiger partial charge >= 0.3 is 0 Å². The smallest absolute Gasteiger partial charge is 0.272 e. The maximum atomic E-state index is 14.2. The maximum Gasteiger partial charge on any atom is 0.272 e. The Labute approximate surface area is 250 Å². The van der Waals surface area contributed by atoms with Gasteiger partial charge in [0.05, 0.1) is 6.20 Å². The number of aliphatic hydroxyl groups is 1. The summed E-state index contributed by atoms with van der Waals surface area (Å²) in [7, 11) is 1.80. The second-order valence-corrected chi connectivity index (χ2v) is 11.0. The fraction of sp³-hybridized carbons (Fsp3) is 0.333. The van der Waals surface area contributed by atoms with Gasteiger partial charge in [0, 0.05) is 31.4 Å². The standard InChI is InChI=1S/C33H36FN5O4/c1-21-16-30(38-39(21)2)32(42)37-27-13-11-26(12-14-27)36-31(41)29-19-25(34)20-35-33(29)43-28-10-4-9-24(18-28)23-8-3-6-22(17-23)7-5-15-40/h3-4,6,8-10,16-20,26-27,40H,5,7,11-15H2,1-2H3,(H,36,41)(H,37,42). The summed E-state index contributed by atoms with van der Waals surface area (Å²) in [5, 5.41) is 19.4. The van der Waals surface area contributed by atoms with Crippen molar-refractivity contribution in [3.63, 3.8) is 0 Å². The van der Waals surface area contributed by atoms with Gasteiger partial charge in [0.15, 0.2) is 0 Å². The lowest BCUT2D eigenvalue weighted by Gasteiger charge is -2.29. The molecule has 2 heterocycles. The van der Waals surface area contributed by atoms with Crippen LogP contribution >= 0.6 is 0 Å². The van der Waals surface area contributed by atoms with E-state index in [1.54, 1.807) is 23.9 Å². The van der Waals surface area contributed by atoms with Crippen LogP contribution in [0.1, 0.15) is 64.2 Å². The summed E-state index contributed by atoms with van der Waals surface area (Å²) in [5.74, 6) is -0.833. The van der Waals surface area contributed by atoms with Crippen LogP contribution in [0.5, 0.6) is 11.6 Å². The van der Waals surface area contributed by atoms with Gasteiger partial charge in [0.25, 0.3) is 11.8 Å². The number of nitrogens with one attached hydrogen (secondary N) is 2. The summed E-state index contributed by atoms with van der Waals surface area (Å²) >= 11 is 0. The molecule has 43 heavy (non-hydrogen) atoms. The molecule has 224 valence electrons. The molecule has 2 amide bonds. The van der Waals surface area contributed by atoms with Crippen LogP contribution in [0.4, 0.5) is 4.39 Å². The van der Waals surface area contributed by atoms with Gasteiger partial charge in [-0.3, -0.25) is 14.3 Å². The fourth-order valence-corrected chi connectivity index (χ4v) is 5.29. The Morgan fingerprint density at radius 1 is 0.977 bits per heavy atom. The monoisotopic (exact) mass is 585 g/mol. The van der Waals surface area contributed by atoms with E-state index in [9.17, 15) is 14.0 Å². The molecule has 0 spiro atoms. The lowest BCUT2D eigenvalue weighted by atomic mass is 9.91. The van der Waals surface area contributed by atoms with Crippen molar-refractivity contribution < 1.29 is 23.8 Å². The number of pyridine rings is 1. The molecule has 0 atom stereocenters. The molecule has 2 aromatic carbocycles. The predicted molar refractivity (Wildman–Crippen MR) is 160 cm³/mol. The summed E-state index contributed by atoms with van der Waals surface area (Å²) in [5.41, 5.74) is 4.33. The summed E-state index contributed by atoms with van der Waals surface area (Å²) in [6.45, 7) is 2.03. The first-order valence-electron chi connectivity index (χ1n) is 14.5. The van der Waals surface area contributed by atoms with E-state index in [1.807, 2.05) is 43.3 Å². The van der Waals surface area contributed by atoms with E-state index in [-0.39, 0.29) is 36.0 Å². The molecule has 0 saturated heterocycles. The molecule has 0 unspecified atom stereocenters. The van der Waals surface area contributed by atoms with Gasteiger partial charge < -0.3 is 20.5 Å². The van der Waals surface area contributed by atoms with Crippen LogP contribution in [-0.2, 0) is 13.5 Å². The minimum atomic E-state index is -0.637. The average Bonchev–Trinajstić information content (AvgIpc) is 3.36. The van der Waals surface area contributed by atoms with Gasteiger partial charge in [-0.15, -0.1) is 0 Å². The Kier molecular flexibility index (Phi) is 9.46. The summed E-state index contributed by atoms with van der Waals surface area (Å²) in [4.78, 5) is 29.9. The Hall–Kier alpha value is -4.57. The number of rotatable bonds is 10. The number of hydrogen-bond donors (Lipinski definition) is 3. The van der Waals surface area contributed by atoms with Crippen molar-refractivity contribution in [1.29, 1.82) is 0 Å². The number of carbonyl (C=O) groups is 2. The van der Waals surface area contributed by atoms with Crippen molar-refractivity contribution >= 4 is 11.8 Å². The predicted octanol–water partition coefficient (Wildman–Crippen LogP) is 5.12. The second-order valence-electron chi connectivity index (χ2n) is 11.0. The Bertz CT molecular complexity index is 1580. The number of aromatic nitrogens is 3. The topological polar surface area (TPSA) is 118 Å². The molecule has 0 aliphatic heterocycles. The number of aryl methyl sites for hydroxylation is 3. The Balaban J connectivity index is 1.21. The quantitative estimate of drug-likeness (QED) is 0.238. The number of nitrogens with zero attached hydrogens (tertiary/aromatic N) is 3. The molecule has 1 fully saturated rings. The molecule has 1 aliphatic carbocycles. The molecule has 9 nitrogen and oxygen atoms in total.